The number of nitrogens with one attached hydrogen (secondary N) is 2. The molecule has 9 nitrogen and oxygen atoms in total. The Bertz CT molecular complexity index is 484. The maximum Gasteiger partial charge on any atom is 0.326 e. The minimum Gasteiger partial charge on any atom is -0.481 e. The fourth-order valence-electron chi connectivity index (χ4n) is 1.33. The van der Waals surface area contributed by atoms with Gasteiger partial charge in [0.15, 0.2) is 0 Å². The Morgan fingerprint density at radius 1 is 1.42 bits per heavy atom. The van der Waals surface area contributed by atoms with E-state index in [2.05, 4.69) is 15.7 Å². The summed E-state index contributed by atoms with van der Waals surface area (Å²) in [5.41, 5.74) is 0.739. The Labute approximate surface area is 108 Å². The highest BCUT2D eigenvalue weighted by molar-refractivity contribution is 5.86. The minimum atomic E-state index is -1.47. The summed E-state index contributed by atoms with van der Waals surface area (Å²) in [4.78, 5) is 32.6. The predicted molar refractivity (Wildman–Crippen MR) is 62.3 cm³/mol. The van der Waals surface area contributed by atoms with Crippen molar-refractivity contribution in [3.63, 3.8) is 0 Å². The quantitative estimate of drug-likeness (QED) is 0.532. The molecule has 0 saturated heterocycles. The van der Waals surface area contributed by atoms with Crippen molar-refractivity contribution >= 4 is 18.0 Å². The first-order valence-electron chi connectivity index (χ1n) is 5.35. The van der Waals surface area contributed by atoms with E-state index in [4.69, 9.17) is 10.2 Å². The number of carbonyl (C=O) groups is 3. The number of aryl methyl sites for hydroxylation is 1. The van der Waals surface area contributed by atoms with Gasteiger partial charge in [-0.25, -0.2) is 9.59 Å². The first kappa shape index (κ1) is 14.5. The van der Waals surface area contributed by atoms with Gasteiger partial charge in [0, 0.05) is 25.4 Å². The molecule has 1 aromatic heterocycles. The number of aromatic nitrogens is 2. The van der Waals surface area contributed by atoms with Crippen LogP contribution in [0.5, 0.6) is 0 Å². The third-order valence-corrected chi connectivity index (χ3v) is 2.19. The number of rotatable bonds is 6. The Kier molecular flexibility index (Phi) is 4.86. The Hall–Kier alpha value is -2.58. The number of hydrogen-bond donors (Lipinski definition) is 4. The van der Waals surface area contributed by atoms with Crippen LogP contribution in [0.2, 0.25) is 0 Å². The molecule has 4 N–H and O–H groups in total. The van der Waals surface area contributed by atoms with E-state index in [9.17, 15) is 14.4 Å². The van der Waals surface area contributed by atoms with E-state index in [0.29, 0.717) is 0 Å². The molecule has 0 fully saturated rings. The van der Waals surface area contributed by atoms with Crippen molar-refractivity contribution in [1.29, 1.82) is 0 Å². The summed E-state index contributed by atoms with van der Waals surface area (Å²) in [5.74, 6) is -2.71. The van der Waals surface area contributed by atoms with Crippen LogP contribution in [0.15, 0.2) is 12.4 Å². The molecule has 0 aliphatic heterocycles. The molecular formula is C10H14N4O5. The first-order chi connectivity index (χ1) is 8.88. The number of carboxylic acids is 2. The molecule has 9 heteroatoms. The molecule has 1 rings (SSSR count). The highest BCUT2D eigenvalue weighted by atomic mass is 16.4. The SMILES string of the molecule is Cn1cc(CNC(=O)N[C@@H](CC(=O)O)C(=O)O)cn1. The zero-order valence-electron chi connectivity index (χ0n) is 10.2. The lowest BCUT2D eigenvalue weighted by Gasteiger charge is -2.12. The van der Waals surface area contributed by atoms with Crippen LogP contribution >= 0.6 is 0 Å². The van der Waals surface area contributed by atoms with Gasteiger partial charge in [-0.3, -0.25) is 9.48 Å². The zero-order valence-corrected chi connectivity index (χ0v) is 10.2. The second kappa shape index (κ2) is 6.38. The van der Waals surface area contributed by atoms with E-state index in [1.54, 1.807) is 24.1 Å². The molecule has 0 aliphatic carbocycles. The molecule has 1 atom stereocenters. The van der Waals surface area contributed by atoms with Gasteiger partial charge in [0.05, 0.1) is 12.6 Å². The van der Waals surface area contributed by atoms with Gasteiger partial charge in [0.25, 0.3) is 0 Å². The average molecular weight is 270 g/mol. The summed E-state index contributed by atoms with van der Waals surface area (Å²) < 4.78 is 1.55. The van der Waals surface area contributed by atoms with Crippen LogP contribution in [0.3, 0.4) is 0 Å². The predicted octanol–water partition coefficient (Wildman–Crippen LogP) is -0.853. The third-order valence-electron chi connectivity index (χ3n) is 2.19. The number of aliphatic carboxylic acids is 2. The number of carbonyl (C=O) groups excluding carboxylic acids is 1. The Morgan fingerprint density at radius 2 is 2.11 bits per heavy atom. The monoisotopic (exact) mass is 270 g/mol. The molecule has 0 spiro atoms. The van der Waals surface area contributed by atoms with E-state index >= 15 is 0 Å². The van der Waals surface area contributed by atoms with Crippen molar-refractivity contribution in [3.8, 4) is 0 Å². The summed E-state index contributed by atoms with van der Waals surface area (Å²) in [6.07, 6.45) is 2.55. The zero-order chi connectivity index (χ0) is 14.4. The van der Waals surface area contributed by atoms with Crippen molar-refractivity contribution < 1.29 is 24.6 Å². The number of amides is 2. The van der Waals surface area contributed by atoms with Gasteiger partial charge in [0.1, 0.15) is 6.04 Å². The van der Waals surface area contributed by atoms with Gasteiger partial charge in [-0.05, 0) is 0 Å². The van der Waals surface area contributed by atoms with Gasteiger partial charge in [0.2, 0.25) is 0 Å². The summed E-state index contributed by atoms with van der Waals surface area (Å²) in [7, 11) is 1.72. The lowest BCUT2D eigenvalue weighted by atomic mass is 10.2. The summed E-state index contributed by atoms with van der Waals surface area (Å²) >= 11 is 0. The van der Waals surface area contributed by atoms with Crippen LogP contribution in [0.1, 0.15) is 12.0 Å². The summed E-state index contributed by atoms with van der Waals surface area (Å²) in [6, 6.07) is -2.22. The van der Waals surface area contributed by atoms with Gasteiger partial charge >= 0.3 is 18.0 Å². The summed E-state index contributed by atoms with van der Waals surface area (Å²) in [5, 5.41) is 25.6. The molecule has 104 valence electrons. The molecule has 0 bridgehead atoms. The normalized spacial score (nSPS) is 11.6. The van der Waals surface area contributed by atoms with Crippen molar-refractivity contribution in [2.45, 2.75) is 19.0 Å². The average Bonchev–Trinajstić information content (AvgIpc) is 2.71. The van der Waals surface area contributed by atoms with Gasteiger partial charge in [-0.2, -0.15) is 5.10 Å². The van der Waals surface area contributed by atoms with E-state index in [-0.39, 0.29) is 6.54 Å². The molecule has 19 heavy (non-hydrogen) atoms. The first-order valence-corrected chi connectivity index (χ1v) is 5.35. The van der Waals surface area contributed by atoms with Crippen molar-refractivity contribution in [1.82, 2.24) is 20.4 Å². The Balaban J connectivity index is 2.44. The number of urea groups is 1. The van der Waals surface area contributed by atoms with Gasteiger partial charge in [-0.15, -0.1) is 0 Å². The minimum absolute atomic E-state index is 0.166. The largest absolute Gasteiger partial charge is 0.481 e. The molecular weight excluding hydrogens is 256 g/mol. The maximum absolute atomic E-state index is 11.4. The van der Waals surface area contributed by atoms with E-state index in [0.717, 1.165) is 5.56 Å². The second-order valence-corrected chi connectivity index (χ2v) is 3.84. The highest BCUT2D eigenvalue weighted by Crippen LogP contribution is 1.96. The van der Waals surface area contributed by atoms with E-state index in [1.807, 2.05) is 0 Å². The fourth-order valence-corrected chi connectivity index (χ4v) is 1.33. The van der Waals surface area contributed by atoms with Gasteiger partial charge < -0.3 is 20.8 Å². The fraction of sp³-hybridized carbons (Fsp3) is 0.400. The standard InChI is InChI=1S/C10H14N4O5/c1-14-5-6(4-12-14)3-11-10(19)13-7(9(17)18)2-8(15)16/h4-5,7H,2-3H2,1H3,(H,15,16)(H,17,18)(H2,11,13,19)/t7-/m0/s1. The number of nitrogens with zero attached hydrogens (tertiary/aromatic N) is 2. The lowest BCUT2D eigenvalue weighted by Crippen LogP contribution is -2.46. The molecule has 1 heterocycles. The van der Waals surface area contributed by atoms with Crippen molar-refractivity contribution in [3.05, 3.63) is 18.0 Å². The second-order valence-electron chi connectivity index (χ2n) is 3.84. The van der Waals surface area contributed by atoms with E-state index in [1.165, 1.54) is 0 Å². The van der Waals surface area contributed by atoms with Crippen molar-refractivity contribution in [2.24, 2.45) is 7.05 Å². The number of hydrogen-bond acceptors (Lipinski definition) is 4. The van der Waals surface area contributed by atoms with Crippen LogP contribution < -0.4 is 10.6 Å². The molecule has 1 aromatic rings. The Morgan fingerprint density at radius 3 is 2.58 bits per heavy atom. The van der Waals surface area contributed by atoms with Gasteiger partial charge in [-0.1, -0.05) is 0 Å². The summed E-state index contributed by atoms with van der Waals surface area (Å²) in [6.45, 7) is 0.166. The molecule has 0 unspecified atom stereocenters. The molecule has 0 aliphatic rings. The van der Waals surface area contributed by atoms with Crippen LogP contribution in [0.4, 0.5) is 4.79 Å². The smallest absolute Gasteiger partial charge is 0.326 e. The van der Waals surface area contributed by atoms with Crippen LogP contribution in [0.25, 0.3) is 0 Å². The molecule has 0 radical (unpaired) electrons. The van der Waals surface area contributed by atoms with Crippen LogP contribution in [-0.4, -0.2) is 44.0 Å². The van der Waals surface area contributed by atoms with Crippen LogP contribution in [0, 0.1) is 0 Å². The molecule has 0 saturated carbocycles. The number of carboxylic acid groups (broad SMARTS) is 2. The topological polar surface area (TPSA) is 134 Å². The molecule has 0 aromatic carbocycles. The highest BCUT2D eigenvalue weighted by Gasteiger charge is 2.22. The molecule has 2 amide bonds. The third kappa shape index (κ3) is 5.06. The van der Waals surface area contributed by atoms with Crippen molar-refractivity contribution in [2.75, 3.05) is 0 Å². The van der Waals surface area contributed by atoms with Crippen LogP contribution in [-0.2, 0) is 23.2 Å². The lowest BCUT2D eigenvalue weighted by molar-refractivity contribution is -0.145. The maximum atomic E-state index is 11.4. The van der Waals surface area contributed by atoms with E-state index < -0.39 is 30.4 Å².